The van der Waals surface area contributed by atoms with E-state index in [0.29, 0.717) is 17.5 Å². The Bertz CT molecular complexity index is 1270. The number of hydrogen-bond acceptors (Lipinski definition) is 4. The third kappa shape index (κ3) is 8.85. The monoisotopic (exact) mass is 568 g/mol. The van der Waals surface area contributed by atoms with Gasteiger partial charge in [-0.05, 0) is 78.8 Å². The summed E-state index contributed by atoms with van der Waals surface area (Å²) in [5.41, 5.74) is 10.00. The second kappa shape index (κ2) is 13.6. The van der Waals surface area contributed by atoms with Crippen molar-refractivity contribution >= 4 is 17.8 Å². The van der Waals surface area contributed by atoms with Gasteiger partial charge >= 0.3 is 0 Å². The Balaban J connectivity index is 0.00000226. The van der Waals surface area contributed by atoms with Crippen LogP contribution in [0.4, 0.5) is 8.78 Å². The third-order valence-electron chi connectivity index (χ3n) is 7.57. The van der Waals surface area contributed by atoms with Gasteiger partial charge in [0.1, 0.15) is 0 Å². The molecule has 0 fully saturated rings. The Morgan fingerprint density at radius 1 is 1.17 bits per heavy atom. The van der Waals surface area contributed by atoms with Crippen molar-refractivity contribution in [1.82, 2.24) is 10.6 Å². The van der Waals surface area contributed by atoms with Gasteiger partial charge in [0, 0.05) is 24.0 Å². The zero-order valence-electron chi connectivity index (χ0n) is 25.4. The Hall–Kier alpha value is -3.29. The number of alkyl halides is 2. The number of carbonyl (C=O) groups excluding carboxylic acids is 2. The molecule has 4 N–H and O–H groups in total. The molecule has 2 atom stereocenters. The minimum atomic E-state index is -2.82. The maximum absolute atomic E-state index is 14.1. The lowest BCUT2D eigenvalue weighted by molar-refractivity contribution is -0.120. The number of aryl methyl sites for hydroxylation is 3. The molecule has 0 radical (unpaired) electrons. The number of nitrogens with zero attached hydrogens (tertiary/aromatic N) is 1. The van der Waals surface area contributed by atoms with E-state index in [4.69, 9.17) is 5.73 Å². The van der Waals surface area contributed by atoms with Crippen LogP contribution in [0.3, 0.4) is 0 Å². The third-order valence-corrected chi connectivity index (χ3v) is 7.57. The van der Waals surface area contributed by atoms with Crippen molar-refractivity contribution in [3.63, 3.8) is 0 Å². The fourth-order valence-corrected chi connectivity index (χ4v) is 5.60. The molecule has 1 aliphatic heterocycles. The molecule has 6 nitrogen and oxygen atoms in total. The van der Waals surface area contributed by atoms with E-state index < -0.39 is 5.92 Å². The van der Waals surface area contributed by atoms with Gasteiger partial charge < -0.3 is 11.1 Å². The summed E-state index contributed by atoms with van der Waals surface area (Å²) >= 11 is 0. The van der Waals surface area contributed by atoms with Crippen LogP contribution in [-0.4, -0.2) is 23.8 Å². The van der Waals surface area contributed by atoms with Gasteiger partial charge in [0.25, 0.3) is 11.8 Å². The summed E-state index contributed by atoms with van der Waals surface area (Å²) in [4.78, 5) is 29.3. The smallest absolute Gasteiger partial charge is 0.273 e. The first-order chi connectivity index (χ1) is 19.3. The van der Waals surface area contributed by atoms with Crippen LogP contribution in [0, 0.1) is 12.3 Å². The number of halogens is 2. The van der Waals surface area contributed by atoms with E-state index in [9.17, 15) is 18.4 Å². The van der Waals surface area contributed by atoms with E-state index in [0.717, 1.165) is 43.2 Å². The van der Waals surface area contributed by atoms with E-state index in [1.54, 1.807) is 6.07 Å². The van der Waals surface area contributed by atoms with E-state index >= 15 is 0 Å². The number of nitrogens with two attached hydrogens (primary N) is 1. The van der Waals surface area contributed by atoms with Gasteiger partial charge in [-0.15, -0.1) is 0 Å². The minimum Gasteiger partial charge on any atom is -0.370 e. The molecule has 0 spiro atoms. The number of benzene rings is 2. The van der Waals surface area contributed by atoms with Crippen LogP contribution in [0.15, 0.2) is 41.4 Å². The molecule has 2 unspecified atom stereocenters. The Morgan fingerprint density at radius 2 is 1.90 bits per heavy atom. The molecule has 0 saturated heterocycles. The van der Waals surface area contributed by atoms with Crippen LogP contribution in [0.2, 0.25) is 0 Å². The number of fused-ring (bicyclic) bond motifs is 1. The predicted molar refractivity (Wildman–Crippen MR) is 161 cm³/mol. The Kier molecular flexibility index (Phi) is 10.7. The number of nitrogens with one attached hydrogen (secondary N) is 2. The van der Waals surface area contributed by atoms with Crippen molar-refractivity contribution in [2.75, 3.05) is 0 Å². The molecule has 1 aliphatic carbocycles. The number of carbonyl (C=O) groups is 2. The second-order valence-corrected chi connectivity index (χ2v) is 12.2. The lowest BCUT2D eigenvalue weighted by atomic mass is 9.83. The van der Waals surface area contributed by atoms with E-state index in [1.165, 1.54) is 17.7 Å². The highest BCUT2D eigenvalue weighted by atomic mass is 19.3. The zero-order chi connectivity index (χ0) is 30.4. The molecule has 8 heteroatoms. The van der Waals surface area contributed by atoms with Crippen molar-refractivity contribution < 1.29 is 18.4 Å². The molecule has 224 valence electrons. The highest BCUT2D eigenvalue weighted by Crippen LogP contribution is 2.42. The van der Waals surface area contributed by atoms with Crippen molar-refractivity contribution in [2.45, 2.75) is 111 Å². The Labute approximate surface area is 243 Å². The summed E-state index contributed by atoms with van der Waals surface area (Å²) < 4.78 is 28.2. The van der Waals surface area contributed by atoms with Gasteiger partial charge in [0.15, 0.2) is 5.96 Å². The van der Waals surface area contributed by atoms with Crippen LogP contribution in [0.1, 0.15) is 117 Å². The van der Waals surface area contributed by atoms with Gasteiger partial charge in [0.05, 0.1) is 12.1 Å². The van der Waals surface area contributed by atoms with Crippen molar-refractivity contribution in [3.8, 4) is 0 Å². The highest BCUT2D eigenvalue weighted by Gasteiger charge is 2.39. The maximum Gasteiger partial charge on any atom is 0.273 e. The lowest BCUT2D eigenvalue weighted by Gasteiger charge is -2.29. The fourth-order valence-electron chi connectivity index (χ4n) is 5.60. The van der Waals surface area contributed by atoms with Gasteiger partial charge in [-0.3, -0.25) is 14.9 Å². The van der Waals surface area contributed by atoms with Gasteiger partial charge in [-0.2, -0.15) is 0 Å². The Morgan fingerprint density at radius 3 is 2.59 bits per heavy atom. The molecule has 2 amide bonds. The van der Waals surface area contributed by atoms with Gasteiger partial charge in [-0.1, -0.05) is 65.3 Å². The average molecular weight is 569 g/mol. The largest absolute Gasteiger partial charge is 0.370 e. The first kappa shape index (κ1) is 32.2. The number of hydrogen-bond donors (Lipinski definition) is 3. The number of aliphatic imine (C=N–C) groups is 1. The molecule has 0 bridgehead atoms. The van der Waals surface area contributed by atoms with Crippen LogP contribution in [-0.2, 0) is 23.6 Å². The number of amides is 2. The van der Waals surface area contributed by atoms with Crippen LogP contribution < -0.4 is 16.4 Å². The molecular weight excluding hydrogens is 522 g/mol. The van der Waals surface area contributed by atoms with Crippen LogP contribution in [0.25, 0.3) is 0 Å². The molecule has 0 saturated carbocycles. The number of guanidine groups is 1. The zero-order valence-corrected chi connectivity index (χ0v) is 25.4. The summed E-state index contributed by atoms with van der Waals surface area (Å²) in [5, 5.41) is 5.74. The molecular formula is C33H46F2N4O2. The van der Waals surface area contributed by atoms with Crippen molar-refractivity contribution in [2.24, 2.45) is 16.1 Å². The van der Waals surface area contributed by atoms with Gasteiger partial charge in [0.2, 0.25) is 5.91 Å². The molecule has 0 aromatic heterocycles. The number of unbranched alkanes of at least 4 members (excludes halogenated alkanes) is 1. The molecule has 2 aromatic rings. The molecule has 4 rings (SSSR count). The van der Waals surface area contributed by atoms with Crippen molar-refractivity contribution in [1.29, 1.82) is 0 Å². The summed E-state index contributed by atoms with van der Waals surface area (Å²) in [7, 11) is 0. The van der Waals surface area contributed by atoms with Gasteiger partial charge in [-0.25, -0.2) is 13.8 Å². The summed E-state index contributed by atoms with van der Waals surface area (Å²) in [6.45, 7) is 12.5. The SMILES string of the molecule is CC.Cc1ccc(CCCCC2CC(=O)NC(N)=N2)cc1C(CC(C)(C)C)NC(=O)c1ccc2c(c1)CCC2(F)F. The lowest BCUT2D eigenvalue weighted by Crippen LogP contribution is -2.43. The minimum absolute atomic E-state index is 0.0378. The summed E-state index contributed by atoms with van der Waals surface area (Å²) in [5.74, 6) is -2.95. The highest BCUT2D eigenvalue weighted by molar-refractivity contribution is 5.98. The normalized spacial score (nSPS) is 18.4. The quantitative estimate of drug-likeness (QED) is 0.288. The molecule has 2 aliphatic rings. The molecule has 2 aromatic carbocycles. The summed E-state index contributed by atoms with van der Waals surface area (Å²) in [6.07, 6.45) is 4.74. The maximum atomic E-state index is 14.1. The average Bonchev–Trinajstić information content (AvgIpc) is 3.20. The first-order valence-electron chi connectivity index (χ1n) is 14.9. The predicted octanol–water partition coefficient (Wildman–Crippen LogP) is 6.88. The number of rotatable bonds is 9. The first-order valence-corrected chi connectivity index (χ1v) is 14.9. The topological polar surface area (TPSA) is 96.6 Å². The second-order valence-electron chi connectivity index (χ2n) is 12.2. The van der Waals surface area contributed by atoms with Crippen LogP contribution >= 0.6 is 0 Å². The molecule has 41 heavy (non-hydrogen) atoms. The molecule has 1 heterocycles. The summed E-state index contributed by atoms with van der Waals surface area (Å²) in [6, 6.07) is 10.7. The van der Waals surface area contributed by atoms with Crippen LogP contribution in [0.5, 0.6) is 0 Å². The standard InChI is InChI=1S/C31H40F2N4O2.C2H6/c1-19-9-10-20(7-5-6-8-23-17-27(38)37-29(34)35-23)15-24(19)26(18-30(2,3)4)36-28(39)22-11-12-25-21(16-22)13-14-31(25,32)33;1-2/h9-12,15-16,23,26H,5-8,13-14,17-18H2,1-4H3,(H,36,39)(H3,34,35,37,38);1-2H3. The van der Waals surface area contributed by atoms with Crippen molar-refractivity contribution in [3.05, 3.63) is 69.8 Å². The van der Waals surface area contributed by atoms with E-state index in [1.807, 2.05) is 13.8 Å². The fraction of sp³-hybridized carbons (Fsp3) is 0.545. The van der Waals surface area contributed by atoms with E-state index in [2.05, 4.69) is 61.5 Å². The van der Waals surface area contributed by atoms with E-state index in [-0.39, 0.29) is 53.7 Å².